The first kappa shape index (κ1) is 21.7. The van der Waals surface area contributed by atoms with Gasteiger partial charge in [0.25, 0.3) is 11.6 Å². The van der Waals surface area contributed by atoms with E-state index in [0.29, 0.717) is 23.4 Å². The first-order valence-electron chi connectivity index (χ1n) is 10.0. The summed E-state index contributed by atoms with van der Waals surface area (Å²) in [5, 5.41) is 3.52. The van der Waals surface area contributed by atoms with Crippen LogP contribution in [0.1, 0.15) is 40.3 Å². The molecule has 1 atom stereocenters. The first-order valence-corrected chi connectivity index (χ1v) is 10.0. The number of nitrogens with zero attached hydrogens (tertiary/aromatic N) is 5. The fourth-order valence-electron chi connectivity index (χ4n) is 4.11. The summed E-state index contributed by atoms with van der Waals surface area (Å²) in [6.45, 7) is 3.54. The predicted octanol–water partition coefficient (Wildman–Crippen LogP) is 2.13. The van der Waals surface area contributed by atoms with Crippen LogP contribution in [0.2, 0.25) is 0 Å². The highest BCUT2D eigenvalue weighted by Crippen LogP contribution is 2.28. The number of alkyl halides is 3. The van der Waals surface area contributed by atoms with Crippen molar-refractivity contribution in [3.05, 3.63) is 58.2 Å². The van der Waals surface area contributed by atoms with Crippen LogP contribution in [0.5, 0.6) is 0 Å². The molecule has 1 aliphatic rings. The van der Waals surface area contributed by atoms with E-state index in [0.717, 1.165) is 15.6 Å². The van der Waals surface area contributed by atoms with Crippen LogP contribution in [0.3, 0.4) is 0 Å². The number of aryl methyl sites for hydroxylation is 2. The molecular formula is C21H21F3N6O2. The number of aromatic nitrogens is 4. The van der Waals surface area contributed by atoms with Crippen LogP contribution < -0.4 is 5.73 Å². The molecule has 1 aliphatic heterocycles. The van der Waals surface area contributed by atoms with Crippen molar-refractivity contribution in [2.45, 2.75) is 51.9 Å². The van der Waals surface area contributed by atoms with E-state index in [1.165, 1.54) is 4.90 Å². The molecule has 0 aliphatic carbocycles. The molecule has 4 rings (SSSR count). The van der Waals surface area contributed by atoms with E-state index >= 15 is 0 Å². The molecule has 0 saturated heterocycles. The molecule has 2 amide bonds. The Balaban J connectivity index is 1.57. The summed E-state index contributed by atoms with van der Waals surface area (Å²) in [6.07, 6.45) is -4.06. The summed E-state index contributed by atoms with van der Waals surface area (Å²) in [6, 6.07) is 6.81. The summed E-state index contributed by atoms with van der Waals surface area (Å²) >= 11 is 0. The second-order valence-electron chi connectivity index (χ2n) is 7.82. The second-order valence-corrected chi connectivity index (χ2v) is 7.82. The Bertz CT molecular complexity index is 1220. The van der Waals surface area contributed by atoms with Gasteiger partial charge in [-0.15, -0.1) is 5.10 Å². The largest absolute Gasteiger partial charge is 0.453 e. The van der Waals surface area contributed by atoms with Crippen molar-refractivity contribution >= 4 is 17.6 Å². The zero-order valence-corrected chi connectivity index (χ0v) is 17.5. The number of hydrogen-bond donors (Lipinski definition) is 1. The fraction of sp³-hybridized carbons (Fsp3) is 0.381. The number of amides is 2. The number of halogens is 3. The van der Waals surface area contributed by atoms with Crippen LogP contribution in [0.4, 0.5) is 13.2 Å². The van der Waals surface area contributed by atoms with Crippen LogP contribution >= 0.6 is 0 Å². The number of rotatable bonds is 4. The first-order chi connectivity index (χ1) is 15.1. The van der Waals surface area contributed by atoms with Crippen molar-refractivity contribution in [2.75, 3.05) is 0 Å². The minimum absolute atomic E-state index is 0.0433. The van der Waals surface area contributed by atoms with Gasteiger partial charge in [-0.2, -0.15) is 18.2 Å². The van der Waals surface area contributed by atoms with Crippen molar-refractivity contribution < 1.29 is 22.8 Å². The van der Waals surface area contributed by atoms with Gasteiger partial charge in [0.05, 0.1) is 0 Å². The maximum absolute atomic E-state index is 13.0. The maximum Gasteiger partial charge on any atom is 0.453 e. The van der Waals surface area contributed by atoms with Gasteiger partial charge < -0.3 is 10.6 Å². The van der Waals surface area contributed by atoms with E-state index in [-0.39, 0.29) is 31.1 Å². The number of hydrogen-bond acceptors (Lipinski definition) is 5. The summed E-state index contributed by atoms with van der Waals surface area (Å²) in [5.74, 6) is -2.26. The maximum atomic E-state index is 13.0. The third-order valence-electron chi connectivity index (χ3n) is 5.79. The van der Waals surface area contributed by atoms with Crippen LogP contribution in [-0.4, -0.2) is 42.3 Å². The second kappa shape index (κ2) is 7.88. The van der Waals surface area contributed by atoms with E-state index in [9.17, 15) is 22.8 Å². The van der Waals surface area contributed by atoms with Gasteiger partial charge in [-0.05, 0) is 37.0 Å². The van der Waals surface area contributed by atoms with Crippen molar-refractivity contribution in [1.29, 1.82) is 0 Å². The minimum Gasteiger partial charge on any atom is -0.368 e. The average molecular weight is 446 g/mol. The average Bonchev–Trinajstić information content (AvgIpc) is 3.17. The van der Waals surface area contributed by atoms with Gasteiger partial charge in [0.15, 0.2) is 0 Å². The summed E-state index contributed by atoms with van der Waals surface area (Å²) in [5.41, 5.74) is 9.00. The molecule has 0 bridgehead atoms. The topological polar surface area (TPSA) is 106 Å². The Morgan fingerprint density at radius 3 is 2.50 bits per heavy atom. The number of carbonyl (C=O) groups excluding carboxylic acids is 2. The Morgan fingerprint density at radius 2 is 1.84 bits per heavy atom. The minimum atomic E-state index is -4.68. The van der Waals surface area contributed by atoms with E-state index < -0.39 is 23.9 Å². The van der Waals surface area contributed by atoms with Crippen molar-refractivity contribution in [3.8, 4) is 0 Å². The highest BCUT2D eigenvalue weighted by molar-refractivity contribution is 5.87. The van der Waals surface area contributed by atoms with Gasteiger partial charge in [-0.1, -0.05) is 24.3 Å². The Hall–Kier alpha value is -3.50. The van der Waals surface area contributed by atoms with Crippen LogP contribution in [0, 0.1) is 13.8 Å². The number of nitrogens with two attached hydrogens (primary N) is 1. The molecule has 2 aromatic heterocycles. The molecule has 168 valence electrons. The molecule has 3 aromatic rings. The van der Waals surface area contributed by atoms with Gasteiger partial charge in [0.1, 0.15) is 6.04 Å². The lowest BCUT2D eigenvalue weighted by molar-refractivity contribution is -0.144. The molecule has 0 spiro atoms. The lowest BCUT2D eigenvalue weighted by Gasteiger charge is -2.35. The lowest BCUT2D eigenvalue weighted by atomic mass is 9.93. The molecule has 0 unspecified atom stereocenters. The highest BCUT2D eigenvalue weighted by atomic mass is 19.4. The quantitative estimate of drug-likeness (QED) is 0.661. The molecule has 11 heteroatoms. The van der Waals surface area contributed by atoms with Gasteiger partial charge in [0.2, 0.25) is 11.8 Å². The van der Waals surface area contributed by atoms with E-state index in [1.807, 2.05) is 24.3 Å². The SMILES string of the molecule is Cc1nc2nc(C(F)(F)F)nn2c(C)c1CCC(=O)N1Cc2ccccc2C[C@@H]1C(N)=O. The highest BCUT2D eigenvalue weighted by Gasteiger charge is 2.37. The Morgan fingerprint density at radius 1 is 1.16 bits per heavy atom. The fourth-order valence-corrected chi connectivity index (χ4v) is 4.11. The number of fused-ring (bicyclic) bond motifs is 2. The molecule has 2 N–H and O–H groups in total. The zero-order chi connectivity index (χ0) is 23.2. The van der Waals surface area contributed by atoms with Gasteiger partial charge in [0, 0.05) is 30.8 Å². The van der Waals surface area contributed by atoms with Crippen LogP contribution in [0.15, 0.2) is 24.3 Å². The van der Waals surface area contributed by atoms with Crippen LogP contribution in [-0.2, 0) is 35.2 Å². The summed E-state index contributed by atoms with van der Waals surface area (Å²) < 4.78 is 40.0. The predicted molar refractivity (Wildman–Crippen MR) is 107 cm³/mol. The molecule has 3 heterocycles. The van der Waals surface area contributed by atoms with E-state index in [4.69, 9.17) is 5.73 Å². The number of carbonyl (C=O) groups is 2. The van der Waals surface area contributed by atoms with Crippen LogP contribution in [0.25, 0.3) is 5.78 Å². The molecule has 0 radical (unpaired) electrons. The molecule has 32 heavy (non-hydrogen) atoms. The lowest BCUT2D eigenvalue weighted by Crippen LogP contribution is -2.51. The number of primary amides is 1. The molecule has 0 fully saturated rings. The molecule has 0 saturated carbocycles. The smallest absolute Gasteiger partial charge is 0.368 e. The van der Waals surface area contributed by atoms with Crippen molar-refractivity contribution in [2.24, 2.45) is 5.73 Å². The molecule has 1 aromatic carbocycles. The molecular weight excluding hydrogens is 425 g/mol. The van der Waals surface area contributed by atoms with Gasteiger partial charge in [-0.25, -0.2) is 9.50 Å². The normalized spacial score (nSPS) is 16.3. The molecule has 8 nitrogen and oxygen atoms in total. The third-order valence-corrected chi connectivity index (χ3v) is 5.79. The van der Waals surface area contributed by atoms with Crippen molar-refractivity contribution in [3.63, 3.8) is 0 Å². The zero-order valence-electron chi connectivity index (χ0n) is 17.5. The summed E-state index contributed by atoms with van der Waals surface area (Å²) in [7, 11) is 0. The number of benzene rings is 1. The van der Waals surface area contributed by atoms with E-state index in [2.05, 4.69) is 15.1 Å². The van der Waals surface area contributed by atoms with Gasteiger partial charge in [-0.3, -0.25) is 9.59 Å². The van der Waals surface area contributed by atoms with Crippen molar-refractivity contribution in [1.82, 2.24) is 24.5 Å². The standard InChI is InChI=1S/C21H21F3N6O2/c1-11-15(12(2)30-20(26-11)27-19(28-30)21(22,23)24)7-8-17(31)29-10-14-6-4-3-5-13(14)9-16(29)18(25)32/h3-6,16H,7-10H2,1-2H3,(H2,25,32)/t16-/m1/s1. The van der Waals surface area contributed by atoms with E-state index in [1.54, 1.807) is 13.8 Å². The third kappa shape index (κ3) is 3.90. The van der Waals surface area contributed by atoms with Gasteiger partial charge >= 0.3 is 6.18 Å². The Labute approximate surface area is 181 Å². The Kier molecular flexibility index (Phi) is 5.35. The summed E-state index contributed by atoms with van der Waals surface area (Å²) in [4.78, 5) is 34.1. The monoisotopic (exact) mass is 446 g/mol.